The van der Waals surface area contributed by atoms with Gasteiger partial charge < -0.3 is 10.4 Å². The minimum atomic E-state index is -0.617. The van der Waals surface area contributed by atoms with E-state index in [1.807, 2.05) is 26.2 Å². The molecule has 0 amide bonds. The summed E-state index contributed by atoms with van der Waals surface area (Å²) in [7, 11) is 0. The van der Waals surface area contributed by atoms with Gasteiger partial charge in [-0.1, -0.05) is 0 Å². The Morgan fingerprint density at radius 2 is 1.95 bits per heavy atom. The standard InChI is InChI=1S/C15H25N3O/c1-15(2,19)12-17-14-5-9-18(10-6-14)11-13-3-7-16-8-4-13/h3-4,7-8,14,17,19H,5-6,9-12H2,1-2H3. The summed E-state index contributed by atoms with van der Waals surface area (Å²) in [6.07, 6.45) is 6.02. The van der Waals surface area contributed by atoms with E-state index in [2.05, 4.69) is 27.3 Å². The van der Waals surface area contributed by atoms with E-state index in [0.29, 0.717) is 12.6 Å². The second kappa shape index (κ2) is 6.46. The summed E-state index contributed by atoms with van der Waals surface area (Å²) in [5, 5.41) is 13.2. The molecule has 0 aromatic carbocycles. The largest absolute Gasteiger partial charge is 0.389 e. The molecule has 0 atom stereocenters. The first kappa shape index (κ1) is 14.4. The minimum absolute atomic E-state index is 0.542. The van der Waals surface area contributed by atoms with Gasteiger partial charge in [-0.05, 0) is 57.5 Å². The molecule has 2 heterocycles. The molecule has 0 aliphatic carbocycles. The van der Waals surface area contributed by atoms with E-state index >= 15 is 0 Å². The number of rotatable bonds is 5. The summed E-state index contributed by atoms with van der Waals surface area (Å²) in [6.45, 7) is 7.61. The normalized spacial score (nSPS) is 18.7. The number of hydrogen-bond donors (Lipinski definition) is 2. The van der Waals surface area contributed by atoms with E-state index in [0.717, 1.165) is 32.5 Å². The van der Waals surface area contributed by atoms with Gasteiger partial charge in [0.2, 0.25) is 0 Å². The summed E-state index contributed by atoms with van der Waals surface area (Å²) in [6, 6.07) is 4.71. The molecule has 4 heteroatoms. The summed E-state index contributed by atoms with van der Waals surface area (Å²) < 4.78 is 0. The molecule has 106 valence electrons. The van der Waals surface area contributed by atoms with E-state index in [4.69, 9.17) is 0 Å². The number of hydrogen-bond acceptors (Lipinski definition) is 4. The van der Waals surface area contributed by atoms with Crippen LogP contribution in [0.4, 0.5) is 0 Å². The maximum absolute atomic E-state index is 9.72. The van der Waals surface area contributed by atoms with Crippen molar-refractivity contribution in [1.82, 2.24) is 15.2 Å². The van der Waals surface area contributed by atoms with Gasteiger partial charge in [0.05, 0.1) is 5.60 Å². The van der Waals surface area contributed by atoms with Crippen LogP contribution in [0.5, 0.6) is 0 Å². The van der Waals surface area contributed by atoms with Crippen molar-refractivity contribution in [2.45, 2.75) is 44.9 Å². The summed E-state index contributed by atoms with van der Waals surface area (Å²) in [5.74, 6) is 0. The Kier molecular flexibility index (Phi) is 4.91. The third-order valence-corrected chi connectivity index (χ3v) is 3.57. The van der Waals surface area contributed by atoms with Crippen molar-refractivity contribution >= 4 is 0 Å². The summed E-state index contributed by atoms with van der Waals surface area (Å²) in [5.41, 5.74) is 0.714. The van der Waals surface area contributed by atoms with E-state index in [9.17, 15) is 5.11 Å². The SMILES string of the molecule is CC(C)(O)CNC1CCN(Cc2ccncc2)CC1. The van der Waals surface area contributed by atoms with Crippen molar-refractivity contribution in [3.8, 4) is 0 Å². The summed E-state index contributed by atoms with van der Waals surface area (Å²) >= 11 is 0. The van der Waals surface area contributed by atoms with E-state index in [1.54, 1.807) is 0 Å². The van der Waals surface area contributed by atoms with Crippen molar-refractivity contribution in [2.75, 3.05) is 19.6 Å². The van der Waals surface area contributed by atoms with Gasteiger partial charge >= 0.3 is 0 Å². The molecule has 1 aliphatic rings. The molecular weight excluding hydrogens is 238 g/mol. The van der Waals surface area contributed by atoms with Crippen molar-refractivity contribution in [1.29, 1.82) is 0 Å². The topological polar surface area (TPSA) is 48.4 Å². The lowest BCUT2D eigenvalue weighted by molar-refractivity contribution is 0.0714. The number of nitrogens with zero attached hydrogens (tertiary/aromatic N) is 2. The molecule has 1 saturated heterocycles. The zero-order valence-corrected chi connectivity index (χ0v) is 12.0. The number of likely N-dealkylation sites (tertiary alicyclic amines) is 1. The molecule has 0 saturated carbocycles. The Balaban J connectivity index is 1.71. The van der Waals surface area contributed by atoms with Gasteiger partial charge in [0.1, 0.15) is 0 Å². The van der Waals surface area contributed by atoms with Crippen LogP contribution in [-0.2, 0) is 6.54 Å². The Bertz CT molecular complexity index is 367. The molecular formula is C15H25N3O. The van der Waals surface area contributed by atoms with Crippen LogP contribution in [0.1, 0.15) is 32.3 Å². The molecule has 0 unspecified atom stereocenters. The van der Waals surface area contributed by atoms with Crippen molar-refractivity contribution in [3.05, 3.63) is 30.1 Å². The molecule has 1 aromatic rings. The first-order valence-electron chi connectivity index (χ1n) is 7.10. The van der Waals surface area contributed by atoms with Crippen LogP contribution in [0.15, 0.2) is 24.5 Å². The lowest BCUT2D eigenvalue weighted by Crippen LogP contribution is -2.46. The fourth-order valence-electron chi connectivity index (χ4n) is 2.44. The quantitative estimate of drug-likeness (QED) is 0.843. The van der Waals surface area contributed by atoms with Crippen molar-refractivity contribution in [3.63, 3.8) is 0 Å². The number of aliphatic hydroxyl groups is 1. The fourth-order valence-corrected chi connectivity index (χ4v) is 2.44. The molecule has 19 heavy (non-hydrogen) atoms. The van der Waals surface area contributed by atoms with Crippen molar-refractivity contribution in [2.24, 2.45) is 0 Å². The van der Waals surface area contributed by atoms with Crippen LogP contribution in [-0.4, -0.2) is 46.3 Å². The predicted molar refractivity (Wildman–Crippen MR) is 76.8 cm³/mol. The maximum Gasteiger partial charge on any atom is 0.0715 e. The highest BCUT2D eigenvalue weighted by Crippen LogP contribution is 2.14. The second-order valence-corrected chi connectivity index (χ2v) is 6.10. The second-order valence-electron chi connectivity index (χ2n) is 6.10. The molecule has 0 spiro atoms. The number of piperidine rings is 1. The first-order valence-corrected chi connectivity index (χ1v) is 7.10. The average molecular weight is 263 g/mol. The lowest BCUT2D eigenvalue weighted by atomic mass is 10.0. The number of pyridine rings is 1. The van der Waals surface area contributed by atoms with Gasteiger partial charge in [0.15, 0.2) is 0 Å². The minimum Gasteiger partial charge on any atom is -0.389 e. The van der Waals surface area contributed by atoms with Crippen molar-refractivity contribution < 1.29 is 5.11 Å². The molecule has 1 aliphatic heterocycles. The van der Waals surface area contributed by atoms with Crippen LogP contribution in [0.3, 0.4) is 0 Å². The number of aromatic nitrogens is 1. The maximum atomic E-state index is 9.72. The first-order chi connectivity index (χ1) is 9.03. The highest BCUT2D eigenvalue weighted by atomic mass is 16.3. The Morgan fingerprint density at radius 3 is 2.53 bits per heavy atom. The number of nitrogens with one attached hydrogen (secondary N) is 1. The molecule has 4 nitrogen and oxygen atoms in total. The van der Waals surface area contributed by atoms with E-state index in [-0.39, 0.29) is 0 Å². The predicted octanol–water partition coefficient (Wildman–Crippen LogP) is 1.41. The lowest BCUT2D eigenvalue weighted by Gasteiger charge is -2.33. The third-order valence-electron chi connectivity index (χ3n) is 3.57. The highest BCUT2D eigenvalue weighted by Gasteiger charge is 2.21. The molecule has 2 N–H and O–H groups in total. The molecule has 0 bridgehead atoms. The van der Waals surface area contributed by atoms with Crippen LogP contribution < -0.4 is 5.32 Å². The molecule has 2 rings (SSSR count). The fraction of sp³-hybridized carbons (Fsp3) is 0.667. The Hall–Kier alpha value is -0.970. The van der Waals surface area contributed by atoms with Gasteiger partial charge in [-0.15, -0.1) is 0 Å². The highest BCUT2D eigenvalue weighted by molar-refractivity contribution is 5.09. The average Bonchev–Trinajstić information content (AvgIpc) is 2.38. The third kappa shape index (κ3) is 5.27. The zero-order valence-electron chi connectivity index (χ0n) is 12.0. The van der Waals surface area contributed by atoms with Crippen LogP contribution in [0.25, 0.3) is 0 Å². The van der Waals surface area contributed by atoms with Crippen LogP contribution in [0, 0.1) is 0 Å². The zero-order chi connectivity index (χ0) is 13.7. The van der Waals surface area contributed by atoms with Crippen LogP contribution in [0.2, 0.25) is 0 Å². The molecule has 1 aromatic heterocycles. The van der Waals surface area contributed by atoms with Gasteiger partial charge in [-0.25, -0.2) is 0 Å². The Labute approximate surface area is 115 Å². The summed E-state index contributed by atoms with van der Waals surface area (Å²) in [4.78, 5) is 6.53. The van der Waals surface area contributed by atoms with Gasteiger partial charge in [-0.2, -0.15) is 0 Å². The van der Waals surface area contributed by atoms with E-state index < -0.39 is 5.60 Å². The Morgan fingerprint density at radius 1 is 1.32 bits per heavy atom. The molecule has 0 radical (unpaired) electrons. The smallest absolute Gasteiger partial charge is 0.0715 e. The molecule has 1 fully saturated rings. The van der Waals surface area contributed by atoms with Crippen LogP contribution >= 0.6 is 0 Å². The van der Waals surface area contributed by atoms with Gasteiger partial charge in [0, 0.05) is 31.5 Å². The van der Waals surface area contributed by atoms with Gasteiger partial charge in [0.25, 0.3) is 0 Å². The van der Waals surface area contributed by atoms with Gasteiger partial charge in [-0.3, -0.25) is 9.88 Å². The van der Waals surface area contributed by atoms with E-state index in [1.165, 1.54) is 5.56 Å². The monoisotopic (exact) mass is 263 g/mol.